The number of carbonyl (C=O) groups excluding carboxylic acids is 2. The van der Waals surface area contributed by atoms with Crippen molar-refractivity contribution in [2.24, 2.45) is 5.92 Å². The monoisotopic (exact) mass is 275 g/mol. The summed E-state index contributed by atoms with van der Waals surface area (Å²) < 4.78 is 9.98. The molecule has 6 heteroatoms. The zero-order chi connectivity index (χ0) is 13.3. The quantitative estimate of drug-likeness (QED) is 0.480. The summed E-state index contributed by atoms with van der Waals surface area (Å²) in [5.41, 5.74) is 1.26. The van der Waals surface area contributed by atoms with E-state index in [1.807, 2.05) is 0 Å². The predicted molar refractivity (Wildman–Crippen MR) is 71.9 cm³/mol. The molecule has 0 N–H and O–H groups in total. The van der Waals surface area contributed by atoms with E-state index in [0.29, 0.717) is 22.8 Å². The molecular weight excluding hydrogens is 263 g/mol. The Morgan fingerprint density at radius 1 is 1.47 bits per heavy atom. The minimum atomic E-state index is -0.747. The van der Waals surface area contributed by atoms with E-state index >= 15 is 0 Å². The number of hydrogen-bond donors (Lipinski definition) is 0. The van der Waals surface area contributed by atoms with E-state index in [9.17, 15) is 9.59 Å². The minimum Gasteiger partial charge on any atom is -0.495 e. The van der Waals surface area contributed by atoms with Crippen molar-refractivity contribution in [2.45, 2.75) is 13.3 Å². The van der Waals surface area contributed by atoms with Crippen LogP contribution in [0.25, 0.3) is 0 Å². The smallest absolute Gasteiger partial charge is 0.317 e. The predicted octanol–water partition coefficient (Wildman–Crippen LogP) is 1.89. The molecule has 1 aromatic rings. The van der Waals surface area contributed by atoms with Gasteiger partial charge in [0.1, 0.15) is 11.7 Å². The Hall–Kier alpha value is -0.953. The standard InChI is InChI=1S/C13H13ClO4.Li/c1-3-18-13(16)9-4-7-5-11(17-2)10(14)6-8(7)12(9)15;/h5-6,9H,3-4H2,1-2H3;. The topological polar surface area (TPSA) is 52.6 Å². The first-order valence-corrected chi connectivity index (χ1v) is 6.03. The largest absolute Gasteiger partial charge is 0.495 e. The van der Waals surface area contributed by atoms with Crippen LogP contribution < -0.4 is 4.74 Å². The number of halogens is 1. The van der Waals surface area contributed by atoms with Crippen LogP contribution in [0.15, 0.2) is 12.1 Å². The Morgan fingerprint density at radius 2 is 2.16 bits per heavy atom. The number of methoxy groups -OCH3 is 1. The van der Waals surface area contributed by atoms with Crippen molar-refractivity contribution in [1.82, 2.24) is 0 Å². The molecule has 1 unspecified atom stereocenters. The zero-order valence-electron chi connectivity index (χ0n) is 11.2. The van der Waals surface area contributed by atoms with Crippen LogP contribution in [0.1, 0.15) is 22.8 Å². The van der Waals surface area contributed by atoms with E-state index in [2.05, 4.69) is 0 Å². The molecule has 1 aromatic carbocycles. The van der Waals surface area contributed by atoms with Crippen molar-refractivity contribution < 1.29 is 19.1 Å². The average Bonchev–Trinajstić information content (AvgIpc) is 2.66. The van der Waals surface area contributed by atoms with Crippen molar-refractivity contribution >= 4 is 42.2 Å². The van der Waals surface area contributed by atoms with Gasteiger partial charge < -0.3 is 9.47 Å². The van der Waals surface area contributed by atoms with E-state index in [1.165, 1.54) is 7.11 Å². The second-order valence-corrected chi connectivity index (χ2v) is 4.42. The number of hydrogen-bond acceptors (Lipinski definition) is 4. The molecule has 0 bridgehead atoms. The molecule has 19 heavy (non-hydrogen) atoms. The number of fused-ring (bicyclic) bond motifs is 1. The van der Waals surface area contributed by atoms with Gasteiger partial charge in [-0.3, -0.25) is 9.59 Å². The van der Waals surface area contributed by atoms with Gasteiger partial charge in [-0.05, 0) is 31.0 Å². The van der Waals surface area contributed by atoms with Crippen LogP contribution in [0.3, 0.4) is 0 Å². The molecule has 0 amide bonds. The summed E-state index contributed by atoms with van der Waals surface area (Å²) in [6.07, 6.45) is 0.348. The Kier molecular flexibility index (Phi) is 5.48. The molecule has 0 spiro atoms. The number of carbonyl (C=O) groups is 2. The molecule has 1 atom stereocenters. The fraction of sp³-hybridized carbons (Fsp3) is 0.385. The zero-order valence-corrected chi connectivity index (χ0v) is 11.9. The van der Waals surface area contributed by atoms with Crippen LogP contribution in [0.2, 0.25) is 5.02 Å². The van der Waals surface area contributed by atoms with Gasteiger partial charge in [0.15, 0.2) is 5.78 Å². The van der Waals surface area contributed by atoms with Crippen LogP contribution in [0.4, 0.5) is 0 Å². The van der Waals surface area contributed by atoms with E-state index < -0.39 is 11.9 Å². The first-order valence-electron chi connectivity index (χ1n) is 5.65. The maximum Gasteiger partial charge on any atom is 0.317 e. The maximum atomic E-state index is 12.1. The van der Waals surface area contributed by atoms with Gasteiger partial charge in [0, 0.05) is 24.4 Å². The van der Waals surface area contributed by atoms with Crippen molar-refractivity contribution in [3.63, 3.8) is 0 Å². The summed E-state index contributed by atoms with van der Waals surface area (Å²) in [4.78, 5) is 23.7. The number of Topliss-reactive ketones (excluding diaryl/α,β-unsaturated/α-hetero) is 1. The van der Waals surface area contributed by atoms with E-state index in [4.69, 9.17) is 21.1 Å². The Morgan fingerprint density at radius 3 is 2.74 bits per heavy atom. The first kappa shape index (κ1) is 16.1. The fourth-order valence-corrected chi connectivity index (χ4v) is 2.32. The molecule has 0 aromatic heterocycles. The Labute approximate surface area is 128 Å². The number of benzene rings is 1. The second-order valence-electron chi connectivity index (χ2n) is 4.02. The van der Waals surface area contributed by atoms with E-state index in [1.54, 1.807) is 19.1 Å². The van der Waals surface area contributed by atoms with Crippen molar-refractivity contribution in [3.05, 3.63) is 28.3 Å². The van der Waals surface area contributed by atoms with Gasteiger partial charge in [-0.25, -0.2) is 0 Å². The number of ketones is 1. The molecule has 4 nitrogen and oxygen atoms in total. The van der Waals surface area contributed by atoms with Gasteiger partial charge in [-0.2, -0.15) is 0 Å². The summed E-state index contributed by atoms with van der Waals surface area (Å²) >= 11 is 5.97. The van der Waals surface area contributed by atoms with Crippen LogP contribution in [-0.4, -0.2) is 44.3 Å². The van der Waals surface area contributed by atoms with Crippen molar-refractivity contribution in [1.29, 1.82) is 0 Å². The van der Waals surface area contributed by atoms with Gasteiger partial charge in [0.25, 0.3) is 0 Å². The van der Waals surface area contributed by atoms with Crippen LogP contribution in [0.5, 0.6) is 5.75 Å². The second kappa shape index (κ2) is 6.47. The van der Waals surface area contributed by atoms with Gasteiger partial charge in [-0.15, -0.1) is 0 Å². The third-order valence-electron chi connectivity index (χ3n) is 2.95. The molecular formula is C13H13ClLiO4. The number of ether oxygens (including phenoxy) is 2. The van der Waals surface area contributed by atoms with E-state index in [-0.39, 0.29) is 31.3 Å². The minimum absolute atomic E-state index is 0. The van der Waals surface area contributed by atoms with Crippen LogP contribution >= 0.6 is 11.6 Å². The molecule has 1 aliphatic rings. The SMILES string of the molecule is CCOC(=O)C1Cc2cc(OC)c(Cl)cc2C1=O.[Li]. The van der Waals surface area contributed by atoms with Crippen LogP contribution in [0, 0.1) is 5.92 Å². The maximum absolute atomic E-state index is 12.1. The third-order valence-corrected chi connectivity index (χ3v) is 3.25. The van der Waals surface area contributed by atoms with E-state index in [0.717, 1.165) is 5.56 Å². The summed E-state index contributed by atoms with van der Waals surface area (Å²) in [7, 11) is 1.51. The van der Waals surface area contributed by atoms with Gasteiger partial charge >= 0.3 is 5.97 Å². The third kappa shape index (κ3) is 2.97. The number of esters is 1. The molecule has 0 heterocycles. The number of rotatable bonds is 3. The van der Waals surface area contributed by atoms with Crippen LogP contribution in [-0.2, 0) is 16.0 Å². The molecule has 2 rings (SSSR count). The Bertz CT molecular complexity index is 516. The molecule has 97 valence electrons. The molecule has 0 saturated heterocycles. The van der Waals surface area contributed by atoms with Crippen molar-refractivity contribution in [2.75, 3.05) is 13.7 Å². The molecule has 0 saturated carbocycles. The first-order chi connectivity index (χ1) is 8.58. The fourth-order valence-electron chi connectivity index (χ4n) is 2.08. The average molecular weight is 276 g/mol. The van der Waals surface area contributed by atoms with Gasteiger partial charge in [0.05, 0.1) is 18.7 Å². The molecule has 1 radical (unpaired) electrons. The molecule has 1 aliphatic carbocycles. The van der Waals surface area contributed by atoms with Crippen molar-refractivity contribution in [3.8, 4) is 5.75 Å². The van der Waals surface area contributed by atoms with Gasteiger partial charge in [0.2, 0.25) is 0 Å². The molecule has 0 fully saturated rings. The summed E-state index contributed by atoms with van der Waals surface area (Å²) in [5, 5.41) is 0.370. The normalized spacial score (nSPS) is 16.6. The summed E-state index contributed by atoms with van der Waals surface area (Å²) in [5.74, 6) is -0.947. The van der Waals surface area contributed by atoms with Gasteiger partial charge in [-0.1, -0.05) is 11.6 Å². The summed E-state index contributed by atoms with van der Waals surface area (Å²) in [6, 6.07) is 3.26. The summed E-state index contributed by atoms with van der Waals surface area (Å²) in [6.45, 7) is 1.98. The Balaban J connectivity index is 0.00000180. The molecule has 0 aliphatic heterocycles.